The summed E-state index contributed by atoms with van der Waals surface area (Å²) in [6.45, 7) is 3.24. The third-order valence-corrected chi connectivity index (χ3v) is 10.1. The van der Waals surface area contributed by atoms with E-state index in [1.54, 1.807) is 0 Å². The minimum atomic E-state index is -1.61. The Morgan fingerprint density at radius 1 is 0.542 bits per heavy atom. The van der Waals surface area contributed by atoms with Crippen molar-refractivity contribution in [2.75, 3.05) is 19.8 Å². The van der Waals surface area contributed by atoms with Gasteiger partial charge >= 0.3 is 11.9 Å². The maximum atomic E-state index is 12.8. The maximum absolute atomic E-state index is 12.8. The van der Waals surface area contributed by atoms with Gasteiger partial charge in [-0.2, -0.15) is 0 Å². The van der Waals surface area contributed by atoms with Gasteiger partial charge in [0.1, 0.15) is 31.0 Å². The van der Waals surface area contributed by atoms with Gasteiger partial charge in [0.2, 0.25) is 0 Å². The molecule has 0 aromatic carbocycles. The van der Waals surface area contributed by atoms with Gasteiger partial charge in [-0.25, -0.2) is 0 Å². The molecule has 0 bridgehead atoms. The lowest BCUT2D eigenvalue weighted by molar-refractivity contribution is -0.305. The second kappa shape index (κ2) is 39.3. The molecule has 1 aliphatic rings. The Morgan fingerprint density at radius 2 is 1.02 bits per heavy atom. The van der Waals surface area contributed by atoms with Crippen LogP contribution in [-0.2, 0) is 28.5 Å². The normalized spacial score (nSPS) is 20.7. The van der Waals surface area contributed by atoms with Crippen molar-refractivity contribution in [1.29, 1.82) is 0 Å². The van der Waals surface area contributed by atoms with Gasteiger partial charge in [-0.15, -0.1) is 0 Å². The van der Waals surface area contributed by atoms with E-state index in [1.807, 2.05) is 6.08 Å². The van der Waals surface area contributed by atoms with Gasteiger partial charge in [-0.05, 0) is 77.0 Å². The highest BCUT2D eigenvalue weighted by molar-refractivity contribution is 5.70. The average molecular weight is 831 g/mol. The molecule has 1 heterocycles. The van der Waals surface area contributed by atoms with E-state index in [-0.39, 0.29) is 26.1 Å². The minimum Gasteiger partial charge on any atom is -0.462 e. The number of hydrogen-bond donors (Lipinski definition) is 4. The lowest BCUT2D eigenvalue weighted by atomic mass is 9.99. The smallest absolute Gasteiger partial charge is 0.306 e. The highest BCUT2D eigenvalue weighted by atomic mass is 16.7. The van der Waals surface area contributed by atoms with E-state index in [0.29, 0.717) is 12.8 Å². The van der Waals surface area contributed by atoms with Crippen LogP contribution in [0.15, 0.2) is 72.9 Å². The zero-order chi connectivity index (χ0) is 43.0. The van der Waals surface area contributed by atoms with Gasteiger partial charge in [0, 0.05) is 12.8 Å². The van der Waals surface area contributed by atoms with Crippen molar-refractivity contribution in [3.05, 3.63) is 72.9 Å². The van der Waals surface area contributed by atoms with Crippen LogP contribution in [-0.4, -0.2) is 89.0 Å². The van der Waals surface area contributed by atoms with Crippen LogP contribution in [0.2, 0.25) is 0 Å². The zero-order valence-corrected chi connectivity index (χ0v) is 36.7. The summed E-state index contributed by atoms with van der Waals surface area (Å²) >= 11 is 0. The van der Waals surface area contributed by atoms with E-state index in [0.717, 1.165) is 64.2 Å². The Hall–Kier alpha value is -2.86. The monoisotopic (exact) mass is 831 g/mol. The third kappa shape index (κ3) is 30.8. The van der Waals surface area contributed by atoms with E-state index >= 15 is 0 Å². The summed E-state index contributed by atoms with van der Waals surface area (Å²) in [5, 5.41) is 40.1. The largest absolute Gasteiger partial charge is 0.462 e. The molecule has 2 unspecified atom stereocenters. The molecule has 6 atom stereocenters. The molecular formula is C49H82O10. The van der Waals surface area contributed by atoms with Crippen LogP contribution in [0.4, 0.5) is 0 Å². The van der Waals surface area contributed by atoms with Crippen molar-refractivity contribution < 1.29 is 49.0 Å². The van der Waals surface area contributed by atoms with Crippen LogP contribution in [0.1, 0.15) is 168 Å². The summed E-state index contributed by atoms with van der Waals surface area (Å²) in [6, 6.07) is 0. The number of rotatable bonds is 37. The van der Waals surface area contributed by atoms with Crippen molar-refractivity contribution in [2.45, 2.75) is 205 Å². The van der Waals surface area contributed by atoms with Gasteiger partial charge in [0.25, 0.3) is 0 Å². The topological polar surface area (TPSA) is 152 Å². The molecule has 0 aromatic heterocycles. The Balaban J connectivity index is 2.37. The minimum absolute atomic E-state index is 0.193. The van der Waals surface area contributed by atoms with E-state index in [2.05, 4.69) is 80.7 Å². The van der Waals surface area contributed by atoms with Crippen LogP contribution >= 0.6 is 0 Å². The van der Waals surface area contributed by atoms with Crippen molar-refractivity contribution in [2.24, 2.45) is 0 Å². The Labute approximate surface area is 357 Å². The number of aliphatic hydroxyl groups excluding tert-OH is 4. The Bertz CT molecular complexity index is 1190. The molecule has 1 aliphatic heterocycles. The Morgan fingerprint density at radius 3 is 1.58 bits per heavy atom. The first-order chi connectivity index (χ1) is 28.8. The van der Waals surface area contributed by atoms with Crippen LogP contribution in [0.3, 0.4) is 0 Å². The number of aliphatic hydroxyl groups is 4. The molecule has 0 aromatic rings. The van der Waals surface area contributed by atoms with Gasteiger partial charge < -0.3 is 39.4 Å². The standard InChI is InChI=1S/C49H82O10/c1-3-5-7-9-11-13-15-17-19-21-23-25-27-29-31-33-35-37-44(51)56-40-42(41-57-49-48(55)47(54)46(53)43(39-50)59-49)58-45(52)38-36-34-32-30-28-26-24-22-20-18-16-14-12-10-8-6-4-2/h5,7,11,13,17-20,23,25,29,31,42-43,46-50,53-55H,3-4,6,8-10,12,14-16,21-22,24,26-28,30,32-41H2,1-2H3/b7-5+,13-11+,19-17+,20-18+,25-23+,31-29+/t42-,43-,46+,47?,48?,49-/m0/s1. The first-order valence-corrected chi connectivity index (χ1v) is 23.0. The zero-order valence-electron chi connectivity index (χ0n) is 36.7. The van der Waals surface area contributed by atoms with E-state index in [1.165, 1.54) is 64.2 Å². The van der Waals surface area contributed by atoms with Crippen molar-refractivity contribution in [3.8, 4) is 0 Å². The summed E-state index contributed by atoms with van der Waals surface area (Å²) in [5.41, 5.74) is 0. The number of unbranched alkanes of at least 4 members (excludes halogenated alkanes) is 14. The number of carbonyl (C=O) groups is 2. The van der Waals surface area contributed by atoms with Crippen LogP contribution in [0.5, 0.6) is 0 Å². The molecule has 0 amide bonds. The molecule has 4 N–H and O–H groups in total. The SMILES string of the molecule is CC/C=C/C/C=C/C/C=C/C/C=C/C/C=C/CCCC(=O)OC[C@@H](CO[C@H]1O[C@@H](CO)[C@@H](O)C(O)C1O)OC(=O)CCCCCCCCC/C=C/CCCCCCCC. The average Bonchev–Trinajstić information content (AvgIpc) is 3.23. The predicted molar refractivity (Wildman–Crippen MR) is 238 cm³/mol. The molecule has 0 spiro atoms. The molecule has 0 aliphatic carbocycles. The van der Waals surface area contributed by atoms with Crippen LogP contribution in [0, 0.1) is 0 Å². The van der Waals surface area contributed by atoms with Gasteiger partial charge in [0.05, 0.1) is 13.2 Å². The summed E-state index contributed by atoms with van der Waals surface area (Å²) in [6.07, 6.45) is 42.0. The number of allylic oxidation sites excluding steroid dienone is 12. The second-order valence-electron chi connectivity index (χ2n) is 15.5. The molecule has 10 heteroatoms. The lowest BCUT2D eigenvalue weighted by Gasteiger charge is -2.39. The van der Waals surface area contributed by atoms with Crippen molar-refractivity contribution in [1.82, 2.24) is 0 Å². The number of carbonyl (C=O) groups excluding carboxylic acids is 2. The molecule has 1 saturated heterocycles. The van der Waals surface area contributed by atoms with E-state index in [4.69, 9.17) is 18.9 Å². The van der Waals surface area contributed by atoms with E-state index in [9.17, 15) is 30.0 Å². The fraction of sp³-hybridized carbons (Fsp3) is 0.714. The first-order valence-electron chi connectivity index (χ1n) is 23.0. The summed E-state index contributed by atoms with van der Waals surface area (Å²) in [7, 11) is 0. The number of hydrogen-bond acceptors (Lipinski definition) is 10. The van der Waals surface area contributed by atoms with Crippen molar-refractivity contribution in [3.63, 3.8) is 0 Å². The number of esters is 2. The molecule has 1 fully saturated rings. The second-order valence-corrected chi connectivity index (χ2v) is 15.5. The fourth-order valence-corrected chi connectivity index (χ4v) is 6.45. The quantitative estimate of drug-likeness (QED) is 0.0271. The van der Waals surface area contributed by atoms with Gasteiger partial charge in [-0.3, -0.25) is 9.59 Å². The third-order valence-electron chi connectivity index (χ3n) is 10.1. The highest BCUT2D eigenvalue weighted by Gasteiger charge is 2.44. The summed E-state index contributed by atoms with van der Waals surface area (Å²) in [4.78, 5) is 25.3. The van der Waals surface area contributed by atoms with Crippen molar-refractivity contribution >= 4 is 11.9 Å². The fourth-order valence-electron chi connectivity index (χ4n) is 6.45. The molecular weight excluding hydrogens is 749 g/mol. The summed E-state index contributed by atoms with van der Waals surface area (Å²) in [5.74, 6) is -0.884. The number of ether oxygens (including phenoxy) is 4. The molecule has 1 rings (SSSR count). The Kier molecular flexibility index (Phi) is 36.1. The lowest BCUT2D eigenvalue weighted by Crippen LogP contribution is -2.59. The molecule has 59 heavy (non-hydrogen) atoms. The predicted octanol–water partition coefficient (Wildman–Crippen LogP) is 10.00. The molecule has 0 radical (unpaired) electrons. The van der Waals surface area contributed by atoms with Gasteiger partial charge in [0.15, 0.2) is 12.4 Å². The molecule has 338 valence electrons. The molecule has 10 nitrogen and oxygen atoms in total. The first kappa shape index (κ1) is 54.2. The summed E-state index contributed by atoms with van der Waals surface area (Å²) < 4.78 is 22.1. The maximum Gasteiger partial charge on any atom is 0.306 e. The van der Waals surface area contributed by atoms with Gasteiger partial charge in [-0.1, -0.05) is 151 Å². The highest BCUT2D eigenvalue weighted by Crippen LogP contribution is 2.22. The van der Waals surface area contributed by atoms with Crippen LogP contribution in [0.25, 0.3) is 0 Å². The van der Waals surface area contributed by atoms with Crippen LogP contribution < -0.4 is 0 Å². The van der Waals surface area contributed by atoms with E-state index < -0.39 is 55.4 Å². The molecule has 0 saturated carbocycles.